The molecule has 2 aromatic rings. The van der Waals surface area contributed by atoms with Gasteiger partial charge >= 0.3 is 0 Å². The van der Waals surface area contributed by atoms with Crippen LogP contribution in [0.15, 0.2) is 36.4 Å². The highest BCUT2D eigenvalue weighted by molar-refractivity contribution is 6.36. The van der Waals surface area contributed by atoms with Gasteiger partial charge in [-0.2, -0.15) is 0 Å². The number of benzene rings is 2. The highest BCUT2D eigenvalue weighted by Gasteiger charge is 2.08. The van der Waals surface area contributed by atoms with Crippen LogP contribution in [0, 0.1) is 0 Å². The van der Waals surface area contributed by atoms with Crippen LogP contribution < -0.4 is 20.1 Å². The monoisotopic (exact) mass is 478 g/mol. The Labute approximate surface area is 188 Å². The zero-order valence-electron chi connectivity index (χ0n) is 15.1. The Hall–Kier alpha value is -1.86. The zero-order chi connectivity index (χ0) is 21.2. The molecule has 0 aromatic heterocycles. The molecule has 156 valence electrons. The molecule has 0 unspecified atom stereocenters. The number of ether oxygens (including phenoxy) is 2. The first kappa shape index (κ1) is 23.4. The number of nitrogens with one attached hydrogen (secondary N) is 2. The zero-order valence-corrected chi connectivity index (χ0v) is 18.2. The molecular weight excluding hydrogens is 462 g/mol. The van der Waals surface area contributed by atoms with E-state index in [2.05, 4.69) is 10.6 Å². The first-order chi connectivity index (χ1) is 13.8. The van der Waals surface area contributed by atoms with E-state index < -0.39 is 0 Å². The summed E-state index contributed by atoms with van der Waals surface area (Å²) in [4.78, 5) is 23.5. The molecule has 6 nitrogen and oxygen atoms in total. The van der Waals surface area contributed by atoms with Crippen LogP contribution in [0.2, 0.25) is 20.1 Å². The molecule has 0 aliphatic carbocycles. The van der Waals surface area contributed by atoms with Crippen molar-refractivity contribution in [1.29, 1.82) is 0 Å². The van der Waals surface area contributed by atoms with Crippen molar-refractivity contribution >= 4 is 58.2 Å². The molecule has 0 fully saturated rings. The van der Waals surface area contributed by atoms with Crippen molar-refractivity contribution in [2.45, 2.75) is 6.42 Å². The van der Waals surface area contributed by atoms with E-state index in [0.717, 1.165) is 0 Å². The lowest BCUT2D eigenvalue weighted by Gasteiger charge is -2.10. The van der Waals surface area contributed by atoms with Crippen LogP contribution in [0.5, 0.6) is 11.5 Å². The SMILES string of the molecule is O=C(COc1ccc(Cl)cc1Cl)NCCCNC(=O)COc1ccc(Cl)cc1Cl. The first-order valence-electron chi connectivity index (χ1n) is 8.54. The Morgan fingerprint density at radius 2 is 1.14 bits per heavy atom. The van der Waals surface area contributed by atoms with Gasteiger partial charge in [0.1, 0.15) is 11.5 Å². The number of carbonyl (C=O) groups is 2. The van der Waals surface area contributed by atoms with Gasteiger partial charge in [0.25, 0.3) is 11.8 Å². The summed E-state index contributed by atoms with van der Waals surface area (Å²) in [7, 11) is 0. The van der Waals surface area contributed by atoms with E-state index in [9.17, 15) is 9.59 Å². The van der Waals surface area contributed by atoms with E-state index in [0.29, 0.717) is 51.1 Å². The molecule has 0 radical (unpaired) electrons. The minimum absolute atomic E-state index is 0.177. The molecule has 0 spiro atoms. The van der Waals surface area contributed by atoms with Crippen LogP contribution in [0.25, 0.3) is 0 Å². The summed E-state index contributed by atoms with van der Waals surface area (Å²) >= 11 is 23.5. The fourth-order valence-electron chi connectivity index (χ4n) is 2.12. The highest BCUT2D eigenvalue weighted by atomic mass is 35.5. The van der Waals surface area contributed by atoms with Gasteiger partial charge in [0, 0.05) is 23.1 Å². The van der Waals surface area contributed by atoms with Gasteiger partial charge in [0.2, 0.25) is 0 Å². The Kier molecular flexibility index (Phi) is 9.67. The second-order valence-electron chi connectivity index (χ2n) is 5.78. The average molecular weight is 480 g/mol. The van der Waals surface area contributed by atoms with E-state index in [1.807, 2.05) is 0 Å². The number of hydrogen-bond acceptors (Lipinski definition) is 4. The van der Waals surface area contributed by atoms with E-state index in [-0.39, 0.29) is 25.0 Å². The average Bonchev–Trinajstić information content (AvgIpc) is 2.66. The third-order valence-electron chi connectivity index (χ3n) is 3.50. The molecule has 2 rings (SSSR count). The minimum atomic E-state index is -0.303. The van der Waals surface area contributed by atoms with Gasteiger partial charge in [-0.25, -0.2) is 0 Å². The summed E-state index contributed by atoms with van der Waals surface area (Å²) < 4.78 is 10.7. The second kappa shape index (κ2) is 12.0. The maximum Gasteiger partial charge on any atom is 0.257 e. The maximum absolute atomic E-state index is 11.8. The molecule has 0 atom stereocenters. The van der Waals surface area contributed by atoms with Gasteiger partial charge in [-0.15, -0.1) is 0 Å². The molecule has 0 aliphatic heterocycles. The molecule has 29 heavy (non-hydrogen) atoms. The maximum atomic E-state index is 11.8. The predicted molar refractivity (Wildman–Crippen MR) is 115 cm³/mol. The third-order valence-corrected chi connectivity index (χ3v) is 4.56. The number of amides is 2. The molecule has 0 heterocycles. The molecule has 2 aromatic carbocycles. The Balaban J connectivity index is 1.56. The Morgan fingerprint density at radius 1 is 0.724 bits per heavy atom. The lowest BCUT2D eigenvalue weighted by atomic mass is 10.3. The lowest BCUT2D eigenvalue weighted by molar-refractivity contribution is -0.123. The molecular formula is C19H18Cl4N2O4. The quantitative estimate of drug-likeness (QED) is 0.495. The summed E-state index contributed by atoms with van der Waals surface area (Å²) in [6.07, 6.45) is 0.543. The van der Waals surface area contributed by atoms with Crippen molar-refractivity contribution in [3.05, 3.63) is 56.5 Å². The van der Waals surface area contributed by atoms with Crippen molar-refractivity contribution in [3.63, 3.8) is 0 Å². The summed E-state index contributed by atoms with van der Waals surface area (Å²) in [5.41, 5.74) is 0. The van der Waals surface area contributed by atoms with Crippen molar-refractivity contribution in [1.82, 2.24) is 10.6 Å². The van der Waals surface area contributed by atoms with Gasteiger partial charge in [0.05, 0.1) is 10.0 Å². The van der Waals surface area contributed by atoms with Crippen LogP contribution in [-0.2, 0) is 9.59 Å². The summed E-state index contributed by atoms with van der Waals surface area (Å²) in [5, 5.41) is 6.99. The molecule has 0 bridgehead atoms. The molecule has 2 N–H and O–H groups in total. The summed E-state index contributed by atoms with van der Waals surface area (Å²) in [6.45, 7) is 0.397. The second-order valence-corrected chi connectivity index (χ2v) is 7.47. The Bertz CT molecular complexity index is 795. The van der Waals surface area contributed by atoms with Crippen LogP contribution >= 0.6 is 46.4 Å². The summed E-state index contributed by atoms with van der Waals surface area (Å²) in [5.74, 6) is 0.143. The van der Waals surface area contributed by atoms with Crippen molar-refractivity contribution in [2.24, 2.45) is 0 Å². The van der Waals surface area contributed by atoms with E-state index >= 15 is 0 Å². The van der Waals surface area contributed by atoms with E-state index in [1.165, 1.54) is 12.1 Å². The smallest absolute Gasteiger partial charge is 0.257 e. The normalized spacial score (nSPS) is 10.3. The van der Waals surface area contributed by atoms with Gasteiger partial charge in [-0.05, 0) is 42.8 Å². The van der Waals surface area contributed by atoms with Crippen molar-refractivity contribution < 1.29 is 19.1 Å². The number of halogens is 4. The van der Waals surface area contributed by atoms with Gasteiger partial charge in [-0.1, -0.05) is 46.4 Å². The third kappa shape index (κ3) is 8.58. The molecule has 0 saturated carbocycles. The highest BCUT2D eigenvalue weighted by Crippen LogP contribution is 2.28. The first-order valence-corrected chi connectivity index (χ1v) is 10.1. The van der Waals surface area contributed by atoms with E-state index in [4.69, 9.17) is 55.9 Å². The van der Waals surface area contributed by atoms with Gasteiger partial charge in [-0.3, -0.25) is 9.59 Å². The van der Waals surface area contributed by atoms with Crippen LogP contribution in [0.4, 0.5) is 0 Å². The fourth-order valence-corrected chi connectivity index (χ4v) is 3.04. The standard InChI is InChI=1S/C19H18Cl4N2O4/c20-12-2-4-16(14(22)8-12)28-10-18(26)24-6-1-7-25-19(27)11-29-17-5-3-13(21)9-15(17)23/h2-5,8-9H,1,6-7,10-11H2,(H,24,26)(H,25,27). The van der Waals surface area contributed by atoms with Gasteiger partial charge < -0.3 is 20.1 Å². The predicted octanol–water partition coefficient (Wildman–Crippen LogP) is 4.38. The number of hydrogen-bond donors (Lipinski definition) is 2. The van der Waals surface area contributed by atoms with Crippen LogP contribution in [-0.4, -0.2) is 38.1 Å². The topological polar surface area (TPSA) is 76.7 Å². The fraction of sp³-hybridized carbons (Fsp3) is 0.263. The van der Waals surface area contributed by atoms with E-state index in [1.54, 1.807) is 24.3 Å². The molecule has 2 amide bonds. The van der Waals surface area contributed by atoms with Crippen molar-refractivity contribution in [2.75, 3.05) is 26.3 Å². The number of carbonyl (C=O) groups excluding carboxylic acids is 2. The minimum Gasteiger partial charge on any atom is -0.482 e. The Morgan fingerprint density at radius 3 is 1.52 bits per heavy atom. The number of rotatable bonds is 10. The molecule has 0 aliphatic rings. The molecule has 0 saturated heterocycles. The van der Waals surface area contributed by atoms with Crippen LogP contribution in [0.3, 0.4) is 0 Å². The molecule has 10 heteroatoms. The largest absolute Gasteiger partial charge is 0.482 e. The van der Waals surface area contributed by atoms with Crippen LogP contribution in [0.1, 0.15) is 6.42 Å². The summed E-state index contributed by atoms with van der Waals surface area (Å²) in [6, 6.07) is 9.48. The van der Waals surface area contributed by atoms with Crippen molar-refractivity contribution in [3.8, 4) is 11.5 Å². The van der Waals surface area contributed by atoms with Gasteiger partial charge in [0.15, 0.2) is 13.2 Å². The lowest BCUT2D eigenvalue weighted by Crippen LogP contribution is -2.34.